The smallest absolute Gasteiger partial charge is 0.260 e. The number of carbonyl (C=O) groups excluding carboxylic acids is 2. The zero-order chi connectivity index (χ0) is 19.4. The van der Waals surface area contributed by atoms with Crippen LogP contribution in [0.2, 0.25) is 5.02 Å². The lowest BCUT2D eigenvalue weighted by Crippen LogP contribution is -2.15. The number of hydrogen-bond donors (Lipinski definition) is 2. The maximum absolute atomic E-state index is 13.6. The molecule has 0 fully saturated rings. The van der Waals surface area contributed by atoms with Gasteiger partial charge in [-0.3, -0.25) is 14.9 Å². The fourth-order valence-electron chi connectivity index (χ4n) is 2.20. The van der Waals surface area contributed by atoms with Crippen molar-refractivity contribution in [2.24, 2.45) is 0 Å². The van der Waals surface area contributed by atoms with Gasteiger partial charge in [0.1, 0.15) is 11.6 Å². The Morgan fingerprint density at radius 3 is 2.59 bits per heavy atom. The van der Waals surface area contributed by atoms with Crippen LogP contribution >= 0.6 is 22.9 Å². The largest absolute Gasteiger partial charge is 0.326 e. The highest BCUT2D eigenvalue weighted by molar-refractivity contribution is 7.14. The van der Waals surface area contributed by atoms with Gasteiger partial charge in [-0.05, 0) is 30.3 Å². The molecule has 0 saturated carbocycles. The van der Waals surface area contributed by atoms with Crippen molar-refractivity contribution in [2.45, 2.75) is 6.42 Å². The molecule has 0 aliphatic rings. The molecule has 0 aliphatic heterocycles. The van der Waals surface area contributed by atoms with Crippen LogP contribution in [0.4, 0.5) is 19.6 Å². The fraction of sp³-hybridized carbons (Fsp3) is 0.0556. The molecular formula is C18H12ClF2N3O2S. The van der Waals surface area contributed by atoms with Gasteiger partial charge in [-0.2, -0.15) is 0 Å². The van der Waals surface area contributed by atoms with E-state index < -0.39 is 23.4 Å². The number of halogens is 3. The van der Waals surface area contributed by atoms with Crippen molar-refractivity contribution in [3.63, 3.8) is 0 Å². The number of amides is 2. The van der Waals surface area contributed by atoms with Crippen LogP contribution in [0.25, 0.3) is 0 Å². The van der Waals surface area contributed by atoms with Gasteiger partial charge in [0.25, 0.3) is 5.91 Å². The summed E-state index contributed by atoms with van der Waals surface area (Å²) >= 11 is 6.70. The highest BCUT2D eigenvalue weighted by Gasteiger charge is 2.14. The summed E-state index contributed by atoms with van der Waals surface area (Å²) in [6, 6.07) is 9.51. The summed E-state index contributed by atoms with van der Waals surface area (Å²) in [4.78, 5) is 28.2. The van der Waals surface area contributed by atoms with Crippen LogP contribution in [0.3, 0.4) is 0 Å². The van der Waals surface area contributed by atoms with E-state index >= 15 is 0 Å². The molecule has 1 aromatic heterocycles. The lowest BCUT2D eigenvalue weighted by atomic mass is 10.2. The minimum atomic E-state index is -0.638. The minimum Gasteiger partial charge on any atom is -0.326 e. The Labute approximate surface area is 162 Å². The van der Waals surface area contributed by atoms with Gasteiger partial charge < -0.3 is 5.32 Å². The molecule has 138 valence electrons. The summed E-state index contributed by atoms with van der Waals surface area (Å²) in [6.07, 6.45) is -0.0731. The van der Waals surface area contributed by atoms with E-state index in [1.165, 1.54) is 30.3 Å². The van der Waals surface area contributed by atoms with Crippen molar-refractivity contribution in [3.8, 4) is 0 Å². The number of nitrogens with zero attached hydrogens (tertiary/aromatic N) is 1. The van der Waals surface area contributed by atoms with E-state index in [0.29, 0.717) is 5.69 Å². The van der Waals surface area contributed by atoms with E-state index in [0.717, 1.165) is 17.4 Å². The topological polar surface area (TPSA) is 71.1 Å². The molecule has 0 bridgehead atoms. The average molecular weight is 408 g/mol. The van der Waals surface area contributed by atoms with Gasteiger partial charge in [-0.1, -0.05) is 23.7 Å². The molecule has 3 aromatic rings. The third-order valence-corrected chi connectivity index (χ3v) is 4.55. The Bertz CT molecular complexity index is 1010. The molecule has 0 spiro atoms. The number of rotatable bonds is 5. The molecular weight excluding hydrogens is 396 g/mol. The van der Waals surface area contributed by atoms with Crippen molar-refractivity contribution in [1.29, 1.82) is 0 Å². The second-order valence-corrected chi connectivity index (χ2v) is 6.70. The van der Waals surface area contributed by atoms with Gasteiger partial charge in [0, 0.05) is 11.1 Å². The Hall–Kier alpha value is -2.84. The van der Waals surface area contributed by atoms with Gasteiger partial charge in [0.15, 0.2) is 5.13 Å². The predicted molar refractivity (Wildman–Crippen MR) is 100 cm³/mol. The van der Waals surface area contributed by atoms with E-state index in [9.17, 15) is 18.4 Å². The molecule has 0 aliphatic carbocycles. The van der Waals surface area contributed by atoms with Gasteiger partial charge in [-0.15, -0.1) is 11.3 Å². The van der Waals surface area contributed by atoms with Crippen LogP contribution in [-0.2, 0) is 11.2 Å². The van der Waals surface area contributed by atoms with Crippen LogP contribution in [-0.4, -0.2) is 16.8 Å². The summed E-state index contributed by atoms with van der Waals surface area (Å²) in [5, 5.41) is 6.82. The SMILES string of the molecule is O=C(Cc1csc(NC(=O)c2ccccc2F)n1)Nc1ccc(Cl)c(F)c1. The first kappa shape index (κ1) is 18.9. The van der Waals surface area contributed by atoms with Crippen LogP contribution < -0.4 is 10.6 Å². The maximum Gasteiger partial charge on any atom is 0.260 e. The Balaban J connectivity index is 1.60. The van der Waals surface area contributed by atoms with E-state index in [4.69, 9.17) is 11.6 Å². The van der Waals surface area contributed by atoms with Crippen LogP contribution in [0, 0.1) is 11.6 Å². The van der Waals surface area contributed by atoms with E-state index in [1.807, 2.05) is 0 Å². The summed E-state index contributed by atoms with van der Waals surface area (Å²) in [5.41, 5.74) is 0.581. The highest BCUT2D eigenvalue weighted by Crippen LogP contribution is 2.20. The minimum absolute atomic E-state index is 0.0391. The Kier molecular flexibility index (Phi) is 5.78. The lowest BCUT2D eigenvalue weighted by Gasteiger charge is -2.05. The molecule has 2 aromatic carbocycles. The Morgan fingerprint density at radius 2 is 1.85 bits per heavy atom. The highest BCUT2D eigenvalue weighted by atomic mass is 35.5. The number of aromatic nitrogens is 1. The molecule has 27 heavy (non-hydrogen) atoms. The molecule has 0 unspecified atom stereocenters. The first-order chi connectivity index (χ1) is 12.9. The second kappa shape index (κ2) is 8.24. The van der Waals surface area contributed by atoms with Gasteiger partial charge in [-0.25, -0.2) is 13.8 Å². The summed E-state index contributed by atoms with van der Waals surface area (Å²) in [7, 11) is 0. The summed E-state index contributed by atoms with van der Waals surface area (Å²) in [6.45, 7) is 0. The third-order valence-electron chi connectivity index (χ3n) is 3.44. The standard InChI is InChI=1S/C18H12ClF2N3O2S/c19-13-6-5-10(7-15(13)21)22-16(25)8-11-9-27-18(23-11)24-17(26)12-3-1-2-4-14(12)20/h1-7,9H,8H2,(H,22,25)(H,23,24,26). The number of benzene rings is 2. The number of nitrogens with one attached hydrogen (secondary N) is 2. The molecule has 5 nitrogen and oxygen atoms in total. The maximum atomic E-state index is 13.6. The molecule has 0 atom stereocenters. The van der Waals surface area contributed by atoms with E-state index in [2.05, 4.69) is 15.6 Å². The van der Waals surface area contributed by atoms with E-state index in [1.54, 1.807) is 11.4 Å². The molecule has 9 heteroatoms. The molecule has 0 radical (unpaired) electrons. The quantitative estimate of drug-likeness (QED) is 0.653. The normalized spacial score (nSPS) is 10.5. The van der Waals surface area contributed by atoms with Gasteiger partial charge in [0.05, 0.1) is 22.7 Å². The summed E-state index contributed by atoms with van der Waals surface area (Å²) < 4.78 is 27.0. The molecule has 2 N–H and O–H groups in total. The van der Waals surface area contributed by atoms with Gasteiger partial charge in [0.2, 0.25) is 5.91 Å². The molecule has 0 saturated heterocycles. The summed E-state index contributed by atoms with van der Waals surface area (Å²) in [5.74, 6) is -2.31. The third kappa shape index (κ3) is 4.87. The average Bonchev–Trinajstić information content (AvgIpc) is 3.05. The molecule has 1 heterocycles. The number of thiazole rings is 1. The lowest BCUT2D eigenvalue weighted by molar-refractivity contribution is -0.115. The van der Waals surface area contributed by atoms with Crippen molar-refractivity contribution in [1.82, 2.24) is 4.98 Å². The fourth-order valence-corrected chi connectivity index (χ4v) is 3.02. The predicted octanol–water partition coefficient (Wildman–Crippen LogP) is 4.51. The zero-order valence-electron chi connectivity index (χ0n) is 13.6. The van der Waals surface area contributed by atoms with Crippen molar-refractivity contribution < 1.29 is 18.4 Å². The van der Waals surface area contributed by atoms with Crippen LogP contribution in [0.1, 0.15) is 16.1 Å². The van der Waals surface area contributed by atoms with Crippen LogP contribution in [0.15, 0.2) is 47.8 Å². The second-order valence-electron chi connectivity index (χ2n) is 5.43. The van der Waals surface area contributed by atoms with Crippen molar-refractivity contribution in [3.05, 3.63) is 75.8 Å². The molecule has 2 amide bonds. The zero-order valence-corrected chi connectivity index (χ0v) is 15.2. The first-order valence-corrected chi connectivity index (χ1v) is 8.93. The van der Waals surface area contributed by atoms with Gasteiger partial charge >= 0.3 is 0 Å². The monoisotopic (exact) mass is 407 g/mol. The van der Waals surface area contributed by atoms with Crippen LogP contribution in [0.5, 0.6) is 0 Å². The van der Waals surface area contributed by atoms with Crippen molar-refractivity contribution in [2.75, 3.05) is 10.6 Å². The van der Waals surface area contributed by atoms with Crippen molar-refractivity contribution >= 4 is 45.6 Å². The molecule has 3 rings (SSSR count). The number of anilines is 2. The first-order valence-electron chi connectivity index (χ1n) is 7.67. The van der Waals surface area contributed by atoms with E-state index in [-0.39, 0.29) is 27.8 Å². The number of carbonyl (C=O) groups is 2. The Morgan fingerprint density at radius 1 is 1.07 bits per heavy atom. The number of hydrogen-bond acceptors (Lipinski definition) is 4.